The minimum Gasteiger partial charge on any atom is -0.493 e. The zero-order valence-corrected chi connectivity index (χ0v) is 17.0. The van der Waals surface area contributed by atoms with Crippen molar-refractivity contribution in [1.82, 2.24) is 15.0 Å². The highest BCUT2D eigenvalue weighted by Gasteiger charge is 2.14. The van der Waals surface area contributed by atoms with Crippen molar-refractivity contribution < 1.29 is 18.8 Å². The molecule has 3 aromatic rings. The number of nitrogens with zero attached hydrogens (tertiary/aromatic N) is 3. The minimum atomic E-state index is 0.0377. The topological polar surface area (TPSA) is 77.7 Å². The zero-order valence-electron chi connectivity index (χ0n) is 16.2. The Bertz CT molecular complexity index is 908. The second-order valence-electron chi connectivity index (χ2n) is 6.28. The van der Waals surface area contributed by atoms with Gasteiger partial charge in [-0.3, -0.25) is 4.79 Å². The normalized spacial score (nSPS) is 10.7. The summed E-state index contributed by atoms with van der Waals surface area (Å²) < 4.78 is 15.8. The molecule has 0 aliphatic carbocycles. The third kappa shape index (κ3) is 4.89. The summed E-state index contributed by atoms with van der Waals surface area (Å²) in [5.74, 6) is 2.45. The fraction of sp³-hybridized carbons (Fsp3) is 0.350. The second-order valence-corrected chi connectivity index (χ2v) is 7.06. The average molecular weight is 401 g/mol. The van der Waals surface area contributed by atoms with Gasteiger partial charge in [-0.25, -0.2) is 0 Å². The molecule has 2 heterocycles. The van der Waals surface area contributed by atoms with Crippen molar-refractivity contribution in [2.45, 2.75) is 19.3 Å². The number of aromatic nitrogens is 2. The highest BCUT2D eigenvalue weighted by atomic mass is 32.1. The molecule has 28 heavy (non-hydrogen) atoms. The van der Waals surface area contributed by atoms with Gasteiger partial charge >= 0.3 is 0 Å². The Kier molecular flexibility index (Phi) is 6.65. The highest BCUT2D eigenvalue weighted by Crippen LogP contribution is 2.27. The zero-order chi connectivity index (χ0) is 19.9. The molecule has 2 aromatic heterocycles. The number of thiophene rings is 1. The first-order valence-electron chi connectivity index (χ1n) is 8.90. The molecule has 0 unspecified atom stereocenters. The van der Waals surface area contributed by atoms with Crippen LogP contribution < -0.4 is 9.47 Å². The van der Waals surface area contributed by atoms with Crippen LogP contribution in [0.3, 0.4) is 0 Å². The Labute approximate surface area is 167 Å². The smallest absolute Gasteiger partial charge is 0.227 e. The van der Waals surface area contributed by atoms with Gasteiger partial charge in [0.2, 0.25) is 17.6 Å². The van der Waals surface area contributed by atoms with E-state index in [4.69, 9.17) is 14.0 Å². The number of hydrogen-bond acceptors (Lipinski definition) is 7. The fourth-order valence-electron chi connectivity index (χ4n) is 2.73. The summed E-state index contributed by atoms with van der Waals surface area (Å²) in [6, 6.07) is 7.72. The number of ether oxygens (including phenoxy) is 2. The van der Waals surface area contributed by atoms with E-state index in [0.717, 1.165) is 17.5 Å². The molecule has 0 bridgehead atoms. The van der Waals surface area contributed by atoms with Crippen LogP contribution in [0.5, 0.6) is 11.5 Å². The van der Waals surface area contributed by atoms with Gasteiger partial charge in [-0.1, -0.05) is 11.2 Å². The molecule has 0 aliphatic heterocycles. The van der Waals surface area contributed by atoms with E-state index in [2.05, 4.69) is 10.1 Å². The lowest BCUT2D eigenvalue weighted by Gasteiger charge is -2.17. The molecule has 0 atom stereocenters. The van der Waals surface area contributed by atoms with Crippen molar-refractivity contribution in [3.05, 3.63) is 46.5 Å². The molecule has 0 aliphatic rings. The predicted molar refractivity (Wildman–Crippen MR) is 107 cm³/mol. The maximum absolute atomic E-state index is 12.4. The Balaban J connectivity index is 1.48. The maximum Gasteiger partial charge on any atom is 0.227 e. The van der Waals surface area contributed by atoms with Crippen LogP contribution in [0.15, 0.2) is 39.5 Å². The van der Waals surface area contributed by atoms with Gasteiger partial charge in [0, 0.05) is 37.4 Å². The molecule has 0 saturated carbocycles. The molecule has 3 rings (SSSR count). The average Bonchev–Trinajstić information content (AvgIpc) is 3.41. The molecule has 0 fully saturated rings. The SMILES string of the molecule is COc1ccc(CCN(C)C(=O)CCc2nc(-c3ccsc3)no2)cc1OC. The van der Waals surface area contributed by atoms with E-state index in [9.17, 15) is 4.79 Å². The minimum absolute atomic E-state index is 0.0377. The first-order chi connectivity index (χ1) is 13.6. The summed E-state index contributed by atoms with van der Waals surface area (Å²) in [5, 5.41) is 7.88. The summed E-state index contributed by atoms with van der Waals surface area (Å²) in [6.45, 7) is 0.609. The molecular weight excluding hydrogens is 378 g/mol. The van der Waals surface area contributed by atoms with Crippen molar-refractivity contribution in [3.63, 3.8) is 0 Å². The number of carbonyl (C=O) groups excluding carboxylic acids is 1. The van der Waals surface area contributed by atoms with Crippen LogP contribution in [0.1, 0.15) is 17.9 Å². The van der Waals surface area contributed by atoms with Gasteiger partial charge in [0.25, 0.3) is 0 Å². The molecular formula is C20H23N3O4S. The molecule has 1 amide bonds. The molecule has 0 N–H and O–H groups in total. The molecule has 0 spiro atoms. The van der Waals surface area contributed by atoms with Crippen LogP contribution in [0.2, 0.25) is 0 Å². The molecule has 148 valence electrons. The molecule has 7 nitrogen and oxygen atoms in total. The van der Waals surface area contributed by atoms with Gasteiger partial charge in [-0.05, 0) is 35.6 Å². The first-order valence-corrected chi connectivity index (χ1v) is 9.85. The maximum atomic E-state index is 12.4. The van der Waals surface area contributed by atoms with Gasteiger partial charge in [0.15, 0.2) is 11.5 Å². The van der Waals surface area contributed by atoms with Crippen molar-refractivity contribution in [1.29, 1.82) is 0 Å². The number of rotatable bonds is 9. The van der Waals surface area contributed by atoms with Gasteiger partial charge in [0.05, 0.1) is 14.2 Å². The summed E-state index contributed by atoms with van der Waals surface area (Å²) in [7, 11) is 5.02. The van der Waals surface area contributed by atoms with Crippen molar-refractivity contribution >= 4 is 17.2 Å². The summed E-state index contributed by atoms with van der Waals surface area (Å²) in [5.41, 5.74) is 2.01. The van der Waals surface area contributed by atoms with E-state index in [1.54, 1.807) is 37.5 Å². The Morgan fingerprint density at radius 2 is 2.00 bits per heavy atom. The second kappa shape index (κ2) is 9.36. The molecule has 1 aromatic carbocycles. The fourth-order valence-corrected chi connectivity index (χ4v) is 3.36. The number of amides is 1. The van der Waals surface area contributed by atoms with Crippen LogP contribution in [-0.2, 0) is 17.6 Å². The van der Waals surface area contributed by atoms with E-state index < -0.39 is 0 Å². The van der Waals surface area contributed by atoms with Gasteiger partial charge < -0.3 is 18.9 Å². The molecule has 0 saturated heterocycles. The monoisotopic (exact) mass is 401 g/mol. The lowest BCUT2D eigenvalue weighted by atomic mass is 10.1. The van der Waals surface area contributed by atoms with Crippen molar-refractivity contribution in [2.75, 3.05) is 27.8 Å². The van der Waals surface area contributed by atoms with Crippen LogP contribution in [-0.4, -0.2) is 48.8 Å². The number of carbonyl (C=O) groups is 1. The third-order valence-electron chi connectivity index (χ3n) is 4.41. The van der Waals surface area contributed by atoms with E-state index in [1.165, 1.54) is 0 Å². The van der Waals surface area contributed by atoms with Gasteiger partial charge in [-0.15, -0.1) is 0 Å². The van der Waals surface area contributed by atoms with E-state index in [0.29, 0.717) is 42.6 Å². The van der Waals surface area contributed by atoms with E-state index in [-0.39, 0.29) is 5.91 Å². The van der Waals surface area contributed by atoms with E-state index >= 15 is 0 Å². The third-order valence-corrected chi connectivity index (χ3v) is 5.09. The van der Waals surface area contributed by atoms with Crippen molar-refractivity contribution in [2.24, 2.45) is 0 Å². The standard InChI is InChI=1S/C20H23N3O4S/c1-23(10-8-14-4-5-16(25-2)17(12-14)26-3)19(24)7-6-18-21-20(22-27-18)15-9-11-28-13-15/h4-5,9,11-13H,6-8,10H2,1-3H3. The summed E-state index contributed by atoms with van der Waals surface area (Å²) in [6.07, 6.45) is 1.48. The summed E-state index contributed by atoms with van der Waals surface area (Å²) in [4.78, 5) is 18.5. The number of methoxy groups -OCH3 is 2. The lowest BCUT2D eigenvalue weighted by Crippen LogP contribution is -2.29. The van der Waals surface area contributed by atoms with Crippen LogP contribution >= 0.6 is 11.3 Å². The Morgan fingerprint density at radius 1 is 1.18 bits per heavy atom. The van der Waals surface area contributed by atoms with Crippen LogP contribution in [0.25, 0.3) is 11.4 Å². The van der Waals surface area contributed by atoms with Crippen LogP contribution in [0, 0.1) is 0 Å². The lowest BCUT2D eigenvalue weighted by molar-refractivity contribution is -0.129. The van der Waals surface area contributed by atoms with Crippen molar-refractivity contribution in [3.8, 4) is 22.9 Å². The van der Waals surface area contributed by atoms with Gasteiger partial charge in [0.1, 0.15) is 0 Å². The summed E-state index contributed by atoms with van der Waals surface area (Å²) >= 11 is 1.58. The Morgan fingerprint density at radius 3 is 2.71 bits per heavy atom. The number of hydrogen-bond donors (Lipinski definition) is 0. The van der Waals surface area contributed by atoms with Gasteiger partial charge in [-0.2, -0.15) is 16.3 Å². The Hall–Kier alpha value is -2.87. The van der Waals surface area contributed by atoms with E-state index in [1.807, 2.05) is 35.0 Å². The number of likely N-dealkylation sites (N-methyl/N-ethyl adjacent to an activating group) is 1. The number of benzene rings is 1. The molecule has 0 radical (unpaired) electrons. The van der Waals surface area contributed by atoms with Crippen LogP contribution in [0.4, 0.5) is 0 Å². The number of aryl methyl sites for hydroxylation is 1. The molecule has 8 heteroatoms. The predicted octanol–water partition coefficient (Wildman–Crippen LogP) is 3.45. The largest absolute Gasteiger partial charge is 0.493 e. The highest BCUT2D eigenvalue weighted by molar-refractivity contribution is 7.08. The quantitative estimate of drug-likeness (QED) is 0.547. The first kappa shape index (κ1) is 19.9.